The van der Waals surface area contributed by atoms with Crippen LogP contribution in [0.3, 0.4) is 0 Å². The van der Waals surface area contributed by atoms with Gasteiger partial charge in [0.1, 0.15) is 5.75 Å². The van der Waals surface area contributed by atoms with Crippen LogP contribution in [0.4, 0.5) is 0 Å². The number of aliphatic hydroxyl groups excluding tert-OH is 1. The molecule has 0 aliphatic heterocycles. The summed E-state index contributed by atoms with van der Waals surface area (Å²) in [6.45, 7) is 2.74. The molecular weight excluding hydrogens is 344 g/mol. The van der Waals surface area contributed by atoms with Gasteiger partial charge in [-0.25, -0.2) is 4.98 Å². The van der Waals surface area contributed by atoms with Gasteiger partial charge in [-0.05, 0) is 36.2 Å². The zero-order valence-corrected chi connectivity index (χ0v) is 15.4. The number of nitrogens with zero attached hydrogens (tertiary/aromatic N) is 2. The molecule has 5 heteroatoms. The Labute approximate surface area is 156 Å². The fourth-order valence-corrected chi connectivity index (χ4v) is 3.94. The van der Waals surface area contributed by atoms with Gasteiger partial charge in [-0.15, -0.1) is 0 Å². The van der Waals surface area contributed by atoms with Gasteiger partial charge in [0, 0.05) is 11.8 Å². The van der Waals surface area contributed by atoms with Gasteiger partial charge in [0.25, 0.3) is 0 Å². The second-order valence-corrected chi connectivity index (χ2v) is 7.06. The number of rotatable bonds is 6. The van der Waals surface area contributed by atoms with Gasteiger partial charge in [0.2, 0.25) is 0 Å². The fraction of sp³-hybridized carbons (Fsp3) is 0.190. The van der Waals surface area contributed by atoms with Crippen LogP contribution in [0.15, 0.2) is 60.8 Å². The third-order valence-corrected chi connectivity index (χ3v) is 5.27. The Balaban J connectivity index is 1.71. The highest BCUT2D eigenvalue weighted by atomic mass is 32.1. The van der Waals surface area contributed by atoms with Crippen molar-refractivity contribution in [3.05, 3.63) is 66.5 Å². The largest absolute Gasteiger partial charge is 0.494 e. The van der Waals surface area contributed by atoms with Crippen molar-refractivity contribution in [1.29, 1.82) is 0 Å². The highest BCUT2D eigenvalue weighted by Crippen LogP contribution is 2.33. The van der Waals surface area contributed by atoms with Crippen LogP contribution in [-0.4, -0.2) is 21.1 Å². The van der Waals surface area contributed by atoms with Crippen molar-refractivity contribution >= 4 is 16.3 Å². The summed E-state index contributed by atoms with van der Waals surface area (Å²) in [4.78, 5) is 6.79. The zero-order chi connectivity index (χ0) is 17.9. The number of thiazole rings is 1. The van der Waals surface area contributed by atoms with E-state index in [9.17, 15) is 5.11 Å². The second kappa shape index (κ2) is 7.32. The summed E-state index contributed by atoms with van der Waals surface area (Å²) in [7, 11) is 0. The summed E-state index contributed by atoms with van der Waals surface area (Å²) >= 11 is 1.63. The monoisotopic (exact) mass is 364 g/mol. The smallest absolute Gasteiger partial charge is 0.195 e. The Bertz CT molecular complexity index is 1000. The van der Waals surface area contributed by atoms with Crippen LogP contribution in [0.25, 0.3) is 26.7 Å². The first-order valence-corrected chi connectivity index (χ1v) is 9.52. The number of ether oxygens (including phenoxy) is 1. The predicted octanol–water partition coefficient (Wildman–Crippen LogP) is 5.01. The second-order valence-electron chi connectivity index (χ2n) is 6.05. The first-order valence-electron chi connectivity index (χ1n) is 8.70. The lowest BCUT2D eigenvalue weighted by atomic mass is 10.1. The average Bonchev–Trinajstić information content (AvgIpc) is 3.25. The molecule has 2 heterocycles. The van der Waals surface area contributed by atoms with Gasteiger partial charge < -0.3 is 9.84 Å². The SMILES string of the molecule is CCCOc1ccc(-c2nc3sc(-c4ccccc4)cn3c2CO)cc1. The number of fused-ring (bicyclic) bond motifs is 1. The van der Waals surface area contributed by atoms with E-state index in [0.29, 0.717) is 6.61 Å². The minimum Gasteiger partial charge on any atom is -0.494 e. The lowest BCUT2D eigenvalue weighted by molar-refractivity contribution is 0.276. The van der Waals surface area contributed by atoms with Crippen molar-refractivity contribution in [2.75, 3.05) is 6.61 Å². The molecule has 132 valence electrons. The summed E-state index contributed by atoms with van der Waals surface area (Å²) in [5.74, 6) is 0.855. The summed E-state index contributed by atoms with van der Waals surface area (Å²) < 4.78 is 7.63. The van der Waals surface area contributed by atoms with Crippen molar-refractivity contribution in [2.45, 2.75) is 20.0 Å². The van der Waals surface area contributed by atoms with Crippen molar-refractivity contribution < 1.29 is 9.84 Å². The van der Waals surface area contributed by atoms with Crippen LogP contribution in [0.1, 0.15) is 19.0 Å². The van der Waals surface area contributed by atoms with Crippen molar-refractivity contribution in [2.24, 2.45) is 0 Å². The van der Waals surface area contributed by atoms with E-state index < -0.39 is 0 Å². The van der Waals surface area contributed by atoms with Crippen molar-refractivity contribution in [3.8, 4) is 27.4 Å². The average molecular weight is 364 g/mol. The third-order valence-electron chi connectivity index (χ3n) is 4.23. The molecule has 0 amide bonds. The third kappa shape index (κ3) is 3.11. The Morgan fingerprint density at radius 2 is 1.81 bits per heavy atom. The van der Waals surface area contributed by atoms with Gasteiger partial charge in [0.15, 0.2) is 4.96 Å². The maximum atomic E-state index is 9.94. The minimum absolute atomic E-state index is 0.0600. The molecule has 0 aliphatic carbocycles. The number of imidazole rings is 1. The topological polar surface area (TPSA) is 46.8 Å². The summed E-state index contributed by atoms with van der Waals surface area (Å²) in [6.07, 6.45) is 3.04. The first-order chi connectivity index (χ1) is 12.8. The van der Waals surface area contributed by atoms with Gasteiger partial charge >= 0.3 is 0 Å². The molecule has 0 bridgehead atoms. The van der Waals surface area contributed by atoms with Crippen LogP contribution in [0.5, 0.6) is 5.75 Å². The predicted molar refractivity (Wildman–Crippen MR) is 106 cm³/mol. The Kier molecular flexibility index (Phi) is 4.73. The lowest BCUT2D eigenvalue weighted by Crippen LogP contribution is -1.95. The molecule has 0 radical (unpaired) electrons. The van der Waals surface area contributed by atoms with Gasteiger partial charge in [-0.1, -0.05) is 48.6 Å². The van der Waals surface area contributed by atoms with Crippen LogP contribution in [0, 0.1) is 0 Å². The molecule has 1 N–H and O–H groups in total. The molecule has 26 heavy (non-hydrogen) atoms. The van der Waals surface area contributed by atoms with E-state index in [2.05, 4.69) is 25.3 Å². The molecule has 4 rings (SSSR count). The molecule has 0 aliphatic rings. The first kappa shape index (κ1) is 16.8. The van der Waals surface area contributed by atoms with E-state index in [0.717, 1.165) is 44.5 Å². The van der Waals surface area contributed by atoms with E-state index in [1.807, 2.05) is 46.9 Å². The van der Waals surface area contributed by atoms with E-state index in [1.165, 1.54) is 0 Å². The van der Waals surface area contributed by atoms with Gasteiger partial charge in [0.05, 0.1) is 29.5 Å². The molecule has 0 fully saturated rings. The van der Waals surface area contributed by atoms with Crippen LogP contribution < -0.4 is 4.74 Å². The molecule has 0 saturated carbocycles. The number of benzene rings is 2. The van der Waals surface area contributed by atoms with E-state index in [1.54, 1.807) is 11.3 Å². The van der Waals surface area contributed by atoms with E-state index >= 15 is 0 Å². The summed E-state index contributed by atoms with van der Waals surface area (Å²) in [5.41, 5.74) is 3.77. The maximum Gasteiger partial charge on any atom is 0.195 e. The molecule has 0 spiro atoms. The molecule has 0 saturated heterocycles. The number of hydrogen-bond donors (Lipinski definition) is 1. The Hall–Kier alpha value is -2.63. The highest BCUT2D eigenvalue weighted by Gasteiger charge is 2.16. The van der Waals surface area contributed by atoms with Crippen LogP contribution >= 0.6 is 11.3 Å². The number of aliphatic hydroxyl groups is 1. The van der Waals surface area contributed by atoms with Crippen molar-refractivity contribution in [3.63, 3.8) is 0 Å². The molecule has 4 aromatic rings. The molecule has 0 atom stereocenters. The van der Waals surface area contributed by atoms with Crippen LogP contribution in [0.2, 0.25) is 0 Å². The maximum absolute atomic E-state index is 9.94. The quantitative estimate of drug-likeness (QED) is 0.523. The summed E-state index contributed by atoms with van der Waals surface area (Å²) in [6, 6.07) is 18.1. The molecule has 0 unspecified atom stereocenters. The fourth-order valence-electron chi connectivity index (χ4n) is 2.94. The van der Waals surface area contributed by atoms with Crippen molar-refractivity contribution in [1.82, 2.24) is 9.38 Å². The zero-order valence-electron chi connectivity index (χ0n) is 14.6. The molecule has 4 nitrogen and oxygen atoms in total. The highest BCUT2D eigenvalue weighted by molar-refractivity contribution is 7.20. The van der Waals surface area contributed by atoms with Crippen LogP contribution in [-0.2, 0) is 6.61 Å². The van der Waals surface area contributed by atoms with E-state index in [-0.39, 0.29) is 6.61 Å². The van der Waals surface area contributed by atoms with Gasteiger partial charge in [-0.2, -0.15) is 0 Å². The minimum atomic E-state index is -0.0600. The number of aromatic nitrogens is 2. The molecular formula is C21H20N2O2S. The lowest BCUT2D eigenvalue weighted by Gasteiger charge is -2.06. The Morgan fingerprint density at radius 3 is 2.50 bits per heavy atom. The normalized spacial score (nSPS) is 11.2. The Morgan fingerprint density at radius 1 is 1.04 bits per heavy atom. The standard InChI is InChI=1S/C21H20N2O2S/c1-2-12-25-17-10-8-16(9-11-17)20-18(14-24)23-13-19(26-21(23)22-20)15-6-4-3-5-7-15/h3-11,13,24H,2,12,14H2,1H3. The molecule has 2 aromatic carbocycles. The summed E-state index contributed by atoms with van der Waals surface area (Å²) in [5, 5.41) is 9.94. The molecule has 2 aromatic heterocycles. The van der Waals surface area contributed by atoms with E-state index in [4.69, 9.17) is 9.72 Å². The van der Waals surface area contributed by atoms with Gasteiger partial charge in [-0.3, -0.25) is 4.40 Å². The number of hydrogen-bond acceptors (Lipinski definition) is 4.